The van der Waals surface area contributed by atoms with Crippen LogP contribution >= 0.6 is 33.9 Å². The van der Waals surface area contributed by atoms with Gasteiger partial charge in [-0.1, -0.05) is 0 Å². The maximum Gasteiger partial charge on any atom is 0.252 e. The Balaban J connectivity index is 1.53. The lowest BCUT2D eigenvalue weighted by Gasteiger charge is -2.04. The Hall–Kier alpha value is -0.140. The number of hydrogen-bond acceptors (Lipinski definition) is 3. The second-order valence-corrected chi connectivity index (χ2v) is 7.07. The van der Waals surface area contributed by atoms with Crippen LogP contribution in [-0.2, 0) is 4.74 Å². The van der Waals surface area contributed by atoms with Gasteiger partial charge in [0.15, 0.2) is 0 Å². The number of ether oxygens (including phenoxy) is 1. The zero-order chi connectivity index (χ0) is 12.1. The molecule has 0 aliphatic heterocycles. The molecule has 1 aromatic rings. The molecule has 0 saturated heterocycles. The molecule has 0 spiro atoms. The van der Waals surface area contributed by atoms with E-state index in [1.807, 2.05) is 11.4 Å². The molecule has 3 nitrogen and oxygen atoms in total. The Bertz CT molecular complexity index is 376. The zero-order valence-corrected chi connectivity index (χ0v) is 12.6. The molecule has 0 unspecified atom stereocenters. The van der Waals surface area contributed by atoms with Crippen LogP contribution in [0.4, 0.5) is 0 Å². The molecule has 1 aromatic heterocycles. The standard InChI is InChI=1S/C12H16INO2S/c13-11-6-10(8-17-11)12(15)14-4-1-5-16-7-9-2-3-9/h6,8-9H,1-5,7H2,(H,14,15). The first kappa shape index (κ1) is 13.3. The highest BCUT2D eigenvalue weighted by Gasteiger charge is 2.20. The van der Waals surface area contributed by atoms with Crippen molar-refractivity contribution in [3.8, 4) is 0 Å². The Kier molecular flexibility index (Phi) is 5.24. The zero-order valence-electron chi connectivity index (χ0n) is 9.58. The van der Waals surface area contributed by atoms with Crippen LogP contribution in [0.25, 0.3) is 0 Å². The molecule has 94 valence electrons. The molecular weight excluding hydrogens is 349 g/mol. The molecule has 1 aliphatic rings. The summed E-state index contributed by atoms with van der Waals surface area (Å²) in [5, 5.41) is 4.79. The fraction of sp³-hybridized carbons (Fsp3) is 0.583. The molecule has 1 fully saturated rings. The number of hydrogen-bond donors (Lipinski definition) is 1. The van der Waals surface area contributed by atoms with Crippen LogP contribution in [0.1, 0.15) is 29.6 Å². The summed E-state index contributed by atoms with van der Waals surface area (Å²) in [4.78, 5) is 11.7. The van der Waals surface area contributed by atoms with E-state index in [2.05, 4.69) is 27.9 Å². The maximum atomic E-state index is 11.7. The quantitative estimate of drug-likeness (QED) is 0.596. The molecule has 1 saturated carbocycles. The van der Waals surface area contributed by atoms with Gasteiger partial charge in [0.2, 0.25) is 0 Å². The number of rotatable bonds is 7. The van der Waals surface area contributed by atoms with E-state index >= 15 is 0 Å². The van der Waals surface area contributed by atoms with Crippen molar-refractivity contribution in [3.05, 3.63) is 19.9 Å². The second kappa shape index (κ2) is 6.70. The van der Waals surface area contributed by atoms with Gasteiger partial charge in [-0.2, -0.15) is 0 Å². The van der Waals surface area contributed by atoms with Gasteiger partial charge in [-0.25, -0.2) is 0 Å². The first-order chi connectivity index (χ1) is 8.25. The fourth-order valence-electron chi connectivity index (χ4n) is 1.44. The van der Waals surface area contributed by atoms with E-state index in [-0.39, 0.29) is 5.91 Å². The molecule has 0 radical (unpaired) electrons. The summed E-state index contributed by atoms with van der Waals surface area (Å²) in [6, 6.07) is 1.91. The Labute approximate surface area is 119 Å². The van der Waals surface area contributed by atoms with Crippen LogP contribution < -0.4 is 5.32 Å². The van der Waals surface area contributed by atoms with E-state index in [1.165, 1.54) is 12.8 Å². The summed E-state index contributed by atoms with van der Waals surface area (Å²) >= 11 is 3.81. The molecule has 2 rings (SSSR count). The molecule has 1 amide bonds. The van der Waals surface area contributed by atoms with Crippen LogP contribution in [0.5, 0.6) is 0 Å². The van der Waals surface area contributed by atoms with Crippen LogP contribution in [-0.4, -0.2) is 25.7 Å². The highest BCUT2D eigenvalue weighted by molar-refractivity contribution is 14.1. The summed E-state index contributed by atoms with van der Waals surface area (Å²) in [5.74, 6) is 0.837. The van der Waals surface area contributed by atoms with Crippen molar-refractivity contribution in [3.63, 3.8) is 0 Å². The minimum atomic E-state index is 0.0198. The molecule has 0 atom stereocenters. The van der Waals surface area contributed by atoms with Crippen LogP contribution in [0.3, 0.4) is 0 Å². The largest absolute Gasteiger partial charge is 0.381 e. The van der Waals surface area contributed by atoms with E-state index in [4.69, 9.17) is 4.74 Å². The molecule has 0 bridgehead atoms. The SMILES string of the molecule is O=C(NCCCOCC1CC1)c1csc(I)c1. The van der Waals surface area contributed by atoms with E-state index in [0.717, 1.165) is 34.0 Å². The summed E-state index contributed by atoms with van der Waals surface area (Å²) in [5.41, 5.74) is 0.762. The van der Waals surface area contributed by atoms with Crippen LogP contribution in [0, 0.1) is 8.80 Å². The summed E-state index contributed by atoms with van der Waals surface area (Å²) in [6.07, 6.45) is 3.54. The Morgan fingerprint density at radius 1 is 1.59 bits per heavy atom. The molecule has 1 heterocycles. The topological polar surface area (TPSA) is 38.3 Å². The van der Waals surface area contributed by atoms with Gasteiger partial charge in [-0.15, -0.1) is 11.3 Å². The highest BCUT2D eigenvalue weighted by Crippen LogP contribution is 2.28. The summed E-state index contributed by atoms with van der Waals surface area (Å²) < 4.78 is 6.64. The highest BCUT2D eigenvalue weighted by atomic mass is 127. The monoisotopic (exact) mass is 365 g/mol. The van der Waals surface area contributed by atoms with Gasteiger partial charge in [0.05, 0.1) is 8.45 Å². The Morgan fingerprint density at radius 3 is 3.06 bits per heavy atom. The minimum absolute atomic E-state index is 0.0198. The minimum Gasteiger partial charge on any atom is -0.381 e. The second-order valence-electron chi connectivity index (χ2n) is 4.27. The maximum absolute atomic E-state index is 11.7. The third-order valence-electron chi connectivity index (χ3n) is 2.63. The first-order valence-corrected chi connectivity index (χ1v) is 7.81. The lowest BCUT2D eigenvalue weighted by Crippen LogP contribution is -2.24. The predicted molar refractivity (Wildman–Crippen MR) is 77.5 cm³/mol. The molecule has 17 heavy (non-hydrogen) atoms. The third-order valence-corrected chi connectivity index (χ3v) is 4.42. The normalized spacial score (nSPS) is 14.9. The van der Waals surface area contributed by atoms with Crippen molar-refractivity contribution in [2.24, 2.45) is 5.92 Å². The van der Waals surface area contributed by atoms with Crippen molar-refractivity contribution in [2.75, 3.05) is 19.8 Å². The molecular formula is C12H16INO2S. The molecule has 1 N–H and O–H groups in total. The lowest BCUT2D eigenvalue weighted by atomic mass is 10.3. The van der Waals surface area contributed by atoms with Crippen molar-refractivity contribution in [2.45, 2.75) is 19.3 Å². The number of carbonyl (C=O) groups excluding carboxylic acids is 1. The smallest absolute Gasteiger partial charge is 0.252 e. The lowest BCUT2D eigenvalue weighted by molar-refractivity contribution is 0.0938. The van der Waals surface area contributed by atoms with E-state index in [1.54, 1.807) is 11.3 Å². The average Bonchev–Trinajstić information content (AvgIpc) is 3.04. The number of carbonyl (C=O) groups is 1. The Morgan fingerprint density at radius 2 is 2.41 bits per heavy atom. The van der Waals surface area contributed by atoms with Gasteiger partial charge < -0.3 is 10.1 Å². The first-order valence-electron chi connectivity index (χ1n) is 5.85. The number of amides is 1. The molecule has 1 aliphatic carbocycles. The molecule has 0 aromatic carbocycles. The van der Waals surface area contributed by atoms with Gasteiger partial charge >= 0.3 is 0 Å². The van der Waals surface area contributed by atoms with Crippen molar-refractivity contribution in [1.29, 1.82) is 0 Å². The van der Waals surface area contributed by atoms with Gasteiger partial charge in [0.1, 0.15) is 0 Å². The van der Waals surface area contributed by atoms with E-state index in [9.17, 15) is 4.79 Å². The number of nitrogens with one attached hydrogen (secondary N) is 1. The van der Waals surface area contributed by atoms with Crippen LogP contribution in [0.15, 0.2) is 11.4 Å². The predicted octanol–water partition coefficient (Wildman–Crippen LogP) is 2.90. The fourth-order valence-corrected chi connectivity index (χ4v) is 2.77. The van der Waals surface area contributed by atoms with Gasteiger partial charge in [0, 0.05) is 25.1 Å². The van der Waals surface area contributed by atoms with E-state index in [0.29, 0.717) is 6.54 Å². The van der Waals surface area contributed by atoms with Crippen molar-refractivity contribution >= 4 is 39.8 Å². The summed E-state index contributed by atoms with van der Waals surface area (Å²) in [7, 11) is 0. The van der Waals surface area contributed by atoms with Gasteiger partial charge in [0.25, 0.3) is 5.91 Å². The average molecular weight is 365 g/mol. The van der Waals surface area contributed by atoms with Gasteiger partial charge in [-0.3, -0.25) is 4.79 Å². The molecule has 5 heteroatoms. The van der Waals surface area contributed by atoms with Gasteiger partial charge in [-0.05, 0) is 53.8 Å². The van der Waals surface area contributed by atoms with Crippen molar-refractivity contribution in [1.82, 2.24) is 5.32 Å². The number of halogens is 1. The van der Waals surface area contributed by atoms with Crippen LogP contribution in [0.2, 0.25) is 0 Å². The number of thiophene rings is 1. The summed E-state index contributed by atoms with van der Waals surface area (Å²) in [6.45, 7) is 2.34. The third kappa shape index (κ3) is 4.93. The van der Waals surface area contributed by atoms with Crippen molar-refractivity contribution < 1.29 is 9.53 Å². The van der Waals surface area contributed by atoms with E-state index < -0.39 is 0 Å².